The first-order valence-electron chi connectivity index (χ1n) is 12.6. The highest BCUT2D eigenvalue weighted by atomic mass is 16.5. The minimum atomic E-state index is -0.285. The van der Waals surface area contributed by atoms with E-state index in [0.717, 1.165) is 29.9 Å². The molecule has 0 heterocycles. The molecule has 0 aliphatic heterocycles. The van der Waals surface area contributed by atoms with Crippen molar-refractivity contribution in [2.45, 2.75) is 84.7 Å². The lowest BCUT2D eigenvalue weighted by atomic mass is 9.45. The topological polar surface area (TPSA) is 29.5 Å². The number of hydrogen-bond donors (Lipinski definition) is 1. The highest BCUT2D eigenvalue weighted by Gasteiger charge is 2.60. The second-order valence-electron chi connectivity index (χ2n) is 11.3. The number of fused-ring (bicyclic) bond motifs is 5. The highest BCUT2D eigenvalue weighted by molar-refractivity contribution is 5.56. The van der Waals surface area contributed by atoms with E-state index in [1.165, 1.54) is 62.5 Å². The highest BCUT2D eigenvalue weighted by Crippen LogP contribution is 2.67. The first-order chi connectivity index (χ1) is 14.5. The van der Waals surface area contributed by atoms with Gasteiger partial charge in [-0.2, -0.15) is 0 Å². The molecule has 4 aliphatic rings. The second kappa shape index (κ2) is 7.69. The molecule has 0 bridgehead atoms. The van der Waals surface area contributed by atoms with Crippen LogP contribution in [0.15, 0.2) is 29.8 Å². The summed E-state index contributed by atoms with van der Waals surface area (Å²) >= 11 is 0. The molecule has 30 heavy (non-hydrogen) atoms. The van der Waals surface area contributed by atoms with Crippen LogP contribution in [0, 0.1) is 34.5 Å². The maximum atomic E-state index is 11.4. The zero-order valence-electron chi connectivity index (χ0n) is 19.2. The van der Waals surface area contributed by atoms with Crippen LogP contribution in [0.1, 0.15) is 84.1 Å². The van der Waals surface area contributed by atoms with Gasteiger partial charge in [0.1, 0.15) is 5.75 Å². The van der Waals surface area contributed by atoms with E-state index in [4.69, 9.17) is 4.74 Å². The van der Waals surface area contributed by atoms with Gasteiger partial charge in [-0.15, -0.1) is 0 Å². The molecule has 7 atom stereocenters. The van der Waals surface area contributed by atoms with E-state index < -0.39 is 0 Å². The Morgan fingerprint density at radius 1 is 0.967 bits per heavy atom. The molecule has 0 radical (unpaired) electrons. The van der Waals surface area contributed by atoms with Crippen LogP contribution in [0.5, 0.6) is 5.75 Å². The molecule has 2 nitrogen and oxygen atoms in total. The summed E-state index contributed by atoms with van der Waals surface area (Å²) in [5.74, 6) is 4.23. The molecule has 0 aromatic heterocycles. The van der Waals surface area contributed by atoms with Crippen molar-refractivity contribution in [1.82, 2.24) is 0 Å². The van der Waals surface area contributed by atoms with E-state index in [9.17, 15) is 5.11 Å². The van der Waals surface area contributed by atoms with Crippen molar-refractivity contribution in [2.24, 2.45) is 34.5 Å². The molecule has 0 amide bonds. The summed E-state index contributed by atoms with van der Waals surface area (Å²) in [6.07, 6.45) is 14.2. The predicted molar refractivity (Wildman–Crippen MR) is 123 cm³/mol. The third-order valence-corrected chi connectivity index (χ3v) is 10.00. The number of hydrogen-bond acceptors (Lipinski definition) is 2. The summed E-state index contributed by atoms with van der Waals surface area (Å²) in [4.78, 5) is 0. The number of ether oxygens (including phenoxy) is 1. The van der Waals surface area contributed by atoms with Crippen LogP contribution >= 0.6 is 0 Å². The lowest BCUT2D eigenvalue weighted by Crippen LogP contribution is -2.53. The van der Waals surface area contributed by atoms with E-state index in [1.807, 2.05) is 19.1 Å². The summed E-state index contributed by atoms with van der Waals surface area (Å²) < 4.78 is 5.59. The van der Waals surface area contributed by atoms with Crippen molar-refractivity contribution in [3.63, 3.8) is 0 Å². The van der Waals surface area contributed by atoms with Crippen molar-refractivity contribution >= 4 is 6.08 Å². The van der Waals surface area contributed by atoms with Crippen molar-refractivity contribution in [2.75, 3.05) is 6.61 Å². The van der Waals surface area contributed by atoms with E-state index in [2.05, 4.69) is 32.1 Å². The number of aliphatic hydroxyl groups is 1. The second-order valence-corrected chi connectivity index (χ2v) is 11.3. The smallest absolute Gasteiger partial charge is 0.119 e. The van der Waals surface area contributed by atoms with Crippen LogP contribution in [-0.2, 0) is 0 Å². The predicted octanol–water partition coefficient (Wildman–Crippen LogP) is 6.87. The maximum Gasteiger partial charge on any atom is 0.119 e. The maximum absolute atomic E-state index is 11.4. The Morgan fingerprint density at radius 3 is 2.53 bits per heavy atom. The minimum Gasteiger partial charge on any atom is -0.494 e. The average Bonchev–Trinajstić information content (AvgIpc) is 3.00. The van der Waals surface area contributed by atoms with E-state index >= 15 is 0 Å². The Bertz CT molecular complexity index is 795. The summed E-state index contributed by atoms with van der Waals surface area (Å²) in [5.41, 5.74) is 3.09. The number of rotatable bonds is 3. The Morgan fingerprint density at radius 2 is 1.77 bits per heavy atom. The van der Waals surface area contributed by atoms with Gasteiger partial charge in [-0.05, 0) is 104 Å². The molecule has 1 aromatic rings. The first kappa shape index (κ1) is 20.6. The molecular weight excluding hydrogens is 368 g/mol. The number of benzene rings is 1. The Labute approximate surface area is 183 Å². The third kappa shape index (κ3) is 3.17. The Balaban J connectivity index is 1.40. The van der Waals surface area contributed by atoms with E-state index in [0.29, 0.717) is 17.9 Å². The minimum absolute atomic E-state index is 0.0656. The molecule has 0 spiro atoms. The van der Waals surface area contributed by atoms with Crippen LogP contribution in [0.3, 0.4) is 0 Å². The normalized spacial score (nSPS) is 44.3. The van der Waals surface area contributed by atoms with Crippen LogP contribution in [-0.4, -0.2) is 17.8 Å². The molecule has 164 valence electrons. The quantitative estimate of drug-likeness (QED) is 0.591. The van der Waals surface area contributed by atoms with E-state index in [-0.39, 0.29) is 11.5 Å². The lowest BCUT2D eigenvalue weighted by molar-refractivity contribution is -0.119. The van der Waals surface area contributed by atoms with Gasteiger partial charge in [0.15, 0.2) is 0 Å². The summed E-state index contributed by atoms with van der Waals surface area (Å²) in [5, 5.41) is 11.4. The van der Waals surface area contributed by atoms with Crippen LogP contribution in [0.4, 0.5) is 0 Å². The zero-order valence-corrected chi connectivity index (χ0v) is 19.2. The van der Waals surface area contributed by atoms with Gasteiger partial charge in [-0.25, -0.2) is 0 Å². The fourth-order valence-corrected chi connectivity index (χ4v) is 8.33. The largest absolute Gasteiger partial charge is 0.494 e. The van der Waals surface area contributed by atoms with Crippen LogP contribution in [0.25, 0.3) is 6.08 Å². The van der Waals surface area contributed by atoms with Gasteiger partial charge in [0.05, 0.1) is 12.7 Å². The van der Waals surface area contributed by atoms with Gasteiger partial charge in [-0.3, -0.25) is 0 Å². The molecule has 5 rings (SSSR count). The van der Waals surface area contributed by atoms with Crippen LogP contribution < -0.4 is 4.74 Å². The first-order valence-corrected chi connectivity index (χ1v) is 12.6. The molecule has 4 fully saturated rings. The zero-order chi connectivity index (χ0) is 20.9. The van der Waals surface area contributed by atoms with Gasteiger partial charge in [0.2, 0.25) is 0 Å². The molecule has 1 aromatic carbocycles. The Kier molecular flexibility index (Phi) is 5.29. The van der Waals surface area contributed by atoms with Gasteiger partial charge >= 0.3 is 0 Å². The fraction of sp³-hybridized carbons (Fsp3) is 0.714. The van der Waals surface area contributed by atoms with Gasteiger partial charge < -0.3 is 9.84 Å². The van der Waals surface area contributed by atoms with Crippen molar-refractivity contribution in [1.29, 1.82) is 0 Å². The monoisotopic (exact) mass is 408 g/mol. The standard InChI is InChI=1S/C28H40O2/c1-4-30-22-11-8-19(9-12-22)17-20-18-25-23-13-10-21-7-5-6-15-27(21,2)24(23)14-16-28(25,3)26(20)29/h8-9,11-12,17,21,23-26,29H,4-7,10,13-16,18H2,1-3H3/b20-17+/t21-,23-,24+,25+,26-,27+,28+/m1/s1. The van der Waals surface area contributed by atoms with Gasteiger partial charge in [0.25, 0.3) is 0 Å². The fourth-order valence-electron chi connectivity index (χ4n) is 8.33. The summed E-state index contributed by atoms with van der Waals surface area (Å²) in [7, 11) is 0. The van der Waals surface area contributed by atoms with Crippen molar-refractivity contribution in [3.8, 4) is 5.75 Å². The average molecular weight is 409 g/mol. The van der Waals surface area contributed by atoms with Gasteiger partial charge in [-0.1, -0.05) is 44.9 Å². The molecule has 0 unspecified atom stereocenters. The molecule has 0 saturated heterocycles. The third-order valence-electron chi connectivity index (χ3n) is 10.00. The molecule has 2 heteroatoms. The van der Waals surface area contributed by atoms with Crippen LogP contribution in [0.2, 0.25) is 0 Å². The van der Waals surface area contributed by atoms with E-state index in [1.54, 1.807) is 0 Å². The van der Waals surface area contributed by atoms with Crippen molar-refractivity contribution < 1.29 is 9.84 Å². The molecule has 1 N–H and O–H groups in total. The number of aliphatic hydroxyl groups excluding tert-OH is 1. The van der Waals surface area contributed by atoms with Crippen molar-refractivity contribution in [3.05, 3.63) is 35.4 Å². The lowest BCUT2D eigenvalue weighted by Gasteiger charge is -2.60. The Hall–Kier alpha value is -1.28. The molecule has 4 saturated carbocycles. The molecular formula is C28H40O2. The SMILES string of the molecule is CCOc1ccc(/C=C2\C[C@H]3[C@@H]4CC[C@H]5CCCC[C@]5(C)[C@H]4CC[C@]3(C)[C@@H]2O)cc1. The summed E-state index contributed by atoms with van der Waals surface area (Å²) in [6, 6.07) is 8.36. The van der Waals surface area contributed by atoms with Gasteiger partial charge in [0, 0.05) is 5.41 Å². The molecule has 4 aliphatic carbocycles. The summed E-state index contributed by atoms with van der Waals surface area (Å²) in [6.45, 7) is 7.74.